The summed E-state index contributed by atoms with van der Waals surface area (Å²) in [6, 6.07) is 13.1. The first-order chi connectivity index (χ1) is 10.7. The van der Waals surface area contributed by atoms with E-state index in [1.807, 2.05) is 49.6 Å². The van der Waals surface area contributed by atoms with Crippen LogP contribution < -0.4 is 4.74 Å². The highest BCUT2D eigenvalue weighted by Gasteiger charge is 2.18. The maximum Gasteiger partial charge on any atom is 0.264 e. The molecule has 0 amide bonds. The first kappa shape index (κ1) is 14.7. The van der Waals surface area contributed by atoms with Gasteiger partial charge in [0, 0.05) is 5.56 Å². The van der Waals surface area contributed by atoms with E-state index in [9.17, 15) is 4.79 Å². The molecule has 4 nitrogen and oxygen atoms in total. The number of imidazole rings is 1. The van der Waals surface area contributed by atoms with Crippen molar-refractivity contribution in [1.82, 2.24) is 9.55 Å². The molecule has 3 aromatic rings. The molecule has 0 aliphatic rings. The van der Waals surface area contributed by atoms with Crippen LogP contribution in [0.5, 0.6) is 5.75 Å². The molecule has 0 atom stereocenters. The highest BCUT2D eigenvalue weighted by atomic mass is 32.2. The van der Waals surface area contributed by atoms with Crippen molar-refractivity contribution in [1.29, 1.82) is 0 Å². The van der Waals surface area contributed by atoms with Crippen LogP contribution in [0.2, 0.25) is 0 Å². The molecule has 1 heterocycles. The fraction of sp³-hybridized carbons (Fsp3) is 0.176. The largest absolute Gasteiger partial charge is 0.496 e. The van der Waals surface area contributed by atoms with Gasteiger partial charge in [0.15, 0.2) is 5.16 Å². The fourth-order valence-electron chi connectivity index (χ4n) is 2.42. The van der Waals surface area contributed by atoms with Crippen molar-refractivity contribution in [2.45, 2.75) is 12.1 Å². The van der Waals surface area contributed by atoms with Gasteiger partial charge in [0.2, 0.25) is 0 Å². The monoisotopic (exact) mass is 312 g/mol. The number of fused-ring (bicyclic) bond motifs is 1. The molecule has 0 spiro atoms. The third-order valence-electron chi connectivity index (χ3n) is 3.57. The van der Waals surface area contributed by atoms with E-state index in [4.69, 9.17) is 4.74 Å². The minimum atomic E-state index is -0.101. The van der Waals surface area contributed by atoms with Crippen molar-refractivity contribution in [3.8, 4) is 5.75 Å². The van der Waals surface area contributed by atoms with Gasteiger partial charge in [0.25, 0.3) is 5.91 Å². The molecule has 0 saturated carbocycles. The van der Waals surface area contributed by atoms with Gasteiger partial charge in [-0.25, -0.2) is 4.98 Å². The Hall–Kier alpha value is -2.27. The van der Waals surface area contributed by atoms with Crippen LogP contribution in [0.25, 0.3) is 11.0 Å². The van der Waals surface area contributed by atoms with Crippen LogP contribution in [0.4, 0.5) is 0 Å². The molecular weight excluding hydrogens is 296 g/mol. The van der Waals surface area contributed by atoms with E-state index in [0.717, 1.165) is 16.6 Å². The molecule has 0 radical (unpaired) electrons. The minimum absolute atomic E-state index is 0.101. The van der Waals surface area contributed by atoms with Crippen LogP contribution in [-0.4, -0.2) is 28.8 Å². The molecule has 0 bridgehead atoms. The molecule has 22 heavy (non-hydrogen) atoms. The van der Waals surface area contributed by atoms with Gasteiger partial charge in [-0.2, -0.15) is 0 Å². The van der Waals surface area contributed by atoms with Crippen LogP contribution in [0.3, 0.4) is 0 Å². The number of para-hydroxylation sites is 2. The number of methoxy groups -OCH3 is 1. The lowest BCUT2D eigenvalue weighted by Crippen LogP contribution is -2.13. The van der Waals surface area contributed by atoms with Crippen molar-refractivity contribution in [2.75, 3.05) is 13.4 Å². The molecule has 0 fully saturated rings. The number of hydrogen-bond acceptors (Lipinski definition) is 4. The Bertz CT molecular complexity index is 855. The van der Waals surface area contributed by atoms with E-state index in [-0.39, 0.29) is 5.91 Å². The molecular formula is C17H16N2O2S. The number of ether oxygens (including phenoxy) is 1. The molecule has 0 saturated heterocycles. The molecule has 0 aliphatic heterocycles. The topological polar surface area (TPSA) is 44.1 Å². The lowest BCUT2D eigenvalue weighted by atomic mass is 10.1. The zero-order chi connectivity index (χ0) is 15.7. The number of aromatic nitrogens is 2. The fourth-order valence-corrected chi connectivity index (χ4v) is 2.97. The SMILES string of the molecule is COc1cc(C(=O)n2c(SC)nc3ccccc32)ccc1C. The van der Waals surface area contributed by atoms with Gasteiger partial charge in [-0.15, -0.1) is 0 Å². The van der Waals surface area contributed by atoms with Crippen LogP contribution in [0, 0.1) is 6.92 Å². The van der Waals surface area contributed by atoms with E-state index in [2.05, 4.69) is 4.98 Å². The number of rotatable bonds is 3. The first-order valence-corrected chi connectivity index (χ1v) is 8.09. The Kier molecular flexibility index (Phi) is 3.90. The molecule has 0 N–H and O–H groups in total. The number of thioether (sulfide) groups is 1. The van der Waals surface area contributed by atoms with Crippen molar-refractivity contribution >= 4 is 28.7 Å². The Morgan fingerprint density at radius 2 is 2.00 bits per heavy atom. The van der Waals surface area contributed by atoms with Crippen LogP contribution >= 0.6 is 11.8 Å². The highest BCUT2D eigenvalue weighted by molar-refractivity contribution is 7.98. The smallest absolute Gasteiger partial charge is 0.264 e. The zero-order valence-electron chi connectivity index (χ0n) is 12.7. The van der Waals surface area contributed by atoms with E-state index in [1.54, 1.807) is 17.7 Å². The van der Waals surface area contributed by atoms with E-state index in [1.165, 1.54) is 11.8 Å². The zero-order valence-corrected chi connectivity index (χ0v) is 13.5. The second-order valence-corrected chi connectivity index (χ2v) is 5.69. The predicted molar refractivity (Wildman–Crippen MR) is 89.0 cm³/mol. The summed E-state index contributed by atoms with van der Waals surface area (Å²) in [5.74, 6) is 0.609. The van der Waals surface area contributed by atoms with Crippen LogP contribution in [0.1, 0.15) is 15.9 Å². The lowest BCUT2D eigenvalue weighted by molar-refractivity contribution is 0.0954. The summed E-state index contributed by atoms with van der Waals surface area (Å²) in [4.78, 5) is 17.4. The number of benzene rings is 2. The lowest BCUT2D eigenvalue weighted by Gasteiger charge is -2.09. The summed E-state index contributed by atoms with van der Waals surface area (Å²) in [7, 11) is 1.61. The Labute approximate surface area is 133 Å². The molecule has 0 unspecified atom stereocenters. The van der Waals surface area contributed by atoms with Crippen molar-refractivity contribution in [3.63, 3.8) is 0 Å². The van der Waals surface area contributed by atoms with Gasteiger partial charge in [0.1, 0.15) is 5.75 Å². The third kappa shape index (κ3) is 2.37. The molecule has 112 valence electrons. The summed E-state index contributed by atoms with van der Waals surface area (Å²) in [5.41, 5.74) is 3.22. The maximum atomic E-state index is 12.9. The van der Waals surface area contributed by atoms with E-state index >= 15 is 0 Å². The molecule has 2 aromatic carbocycles. The summed E-state index contributed by atoms with van der Waals surface area (Å²) < 4.78 is 6.97. The van der Waals surface area contributed by atoms with Gasteiger partial charge >= 0.3 is 0 Å². The summed E-state index contributed by atoms with van der Waals surface area (Å²) in [6.45, 7) is 1.95. The van der Waals surface area contributed by atoms with E-state index in [0.29, 0.717) is 16.5 Å². The van der Waals surface area contributed by atoms with Gasteiger partial charge < -0.3 is 4.74 Å². The Balaban J connectivity index is 2.16. The van der Waals surface area contributed by atoms with Crippen molar-refractivity contribution in [2.24, 2.45) is 0 Å². The van der Waals surface area contributed by atoms with Gasteiger partial charge in [-0.05, 0) is 43.0 Å². The van der Waals surface area contributed by atoms with Crippen LogP contribution in [0.15, 0.2) is 47.6 Å². The first-order valence-electron chi connectivity index (χ1n) is 6.86. The average Bonchev–Trinajstić information content (AvgIpc) is 2.93. The number of carbonyl (C=O) groups excluding carboxylic acids is 1. The van der Waals surface area contributed by atoms with E-state index < -0.39 is 0 Å². The molecule has 0 aliphatic carbocycles. The minimum Gasteiger partial charge on any atom is -0.496 e. The van der Waals surface area contributed by atoms with Crippen molar-refractivity contribution in [3.05, 3.63) is 53.6 Å². The second-order valence-electron chi connectivity index (χ2n) is 4.91. The summed E-state index contributed by atoms with van der Waals surface area (Å²) in [6.07, 6.45) is 1.92. The number of carbonyl (C=O) groups is 1. The number of nitrogens with zero attached hydrogens (tertiary/aromatic N) is 2. The van der Waals surface area contributed by atoms with Crippen LogP contribution in [-0.2, 0) is 0 Å². The maximum absolute atomic E-state index is 12.9. The Morgan fingerprint density at radius 1 is 1.23 bits per heavy atom. The van der Waals surface area contributed by atoms with Gasteiger partial charge in [0.05, 0.1) is 18.1 Å². The van der Waals surface area contributed by atoms with Gasteiger partial charge in [-0.3, -0.25) is 9.36 Å². The average molecular weight is 312 g/mol. The second kappa shape index (κ2) is 5.85. The Morgan fingerprint density at radius 3 is 2.73 bits per heavy atom. The summed E-state index contributed by atoms with van der Waals surface area (Å²) >= 11 is 1.46. The van der Waals surface area contributed by atoms with Gasteiger partial charge in [-0.1, -0.05) is 30.0 Å². The van der Waals surface area contributed by atoms with Crippen molar-refractivity contribution < 1.29 is 9.53 Å². The summed E-state index contributed by atoms with van der Waals surface area (Å²) in [5, 5.41) is 0.686. The normalized spacial score (nSPS) is 10.9. The third-order valence-corrected chi connectivity index (χ3v) is 4.21. The molecule has 1 aromatic heterocycles. The quantitative estimate of drug-likeness (QED) is 0.691. The standard InChI is InChI=1S/C17H16N2O2S/c1-11-8-9-12(10-15(11)21-2)16(20)19-14-7-5-4-6-13(14)18-17(19)22-3/h4-10H,1-3H3. The highest BCUT2D eigenvalue weighted by Crippen LogP contribution is 2.25. The molecule has 5 heteroatoms. The predicted octanol–water partition coefficient (Wildman–Crippen LogP) is 3.76. The number of hydrogen-bond donors (Lipinski definition) is 0. The molecule has 3 rings (SSSR count). The number of aryl methyl sites for hydroxylation is 1.